The Kier molecular flexibility index (Phi) is 5.96. The number of benzene rings is 2. The third-order valence-electron chi connectivity index (χ3n) is 3.76. The van der Waals surface area contributed by atoms with Crippen LogP contribution in [0.2, 0.25) is 5.02 Å². The molecule has 7 nitrogen and oxygen atoms in total. The monoisotopic (exact) mass is 401 g/mol. The smallest absolute Gasteiger partial charge is 0.344 e. The number of halogens is 1. The average Bonchev–Trinajstić information content (AvgIpc) is 2.67. The molecule has 1 N–H and O–H groups in total. The van der Waals surface area contributed by atoms with Crippen LogP contribution in [0.5, 0.6) is 5.75 Å². The van der Waals surface area contributed by atoms with Crippen molar-refractivity contribution < 1.29 is 23.5 Å². The Morgan fingerprint density at radius 3 is 2.68 bits per heavy atom. The van der Waals surface area contributed by atoms with Crippen molar-refractivity contribution in [2.75, 3.05) is 11.9 Å². The molecule has 0 spiro atoms. The summed E-state index contributed by atoms with van der Waals surface area (Å²) >= 11 is 5.98. The van der Waals surface area contributed by atoms with E-state index < -0.39 is 30.2 Å². The predicted molar refractivity (Wildman–Crippen MR) is 104 cm³/mol. The molecule has 0 fully saturated rings. The normalized spacial score (nSPS) is 11.6. The molecule has 144 valence electrons. The molecule has 0 aliphatic carbocycles. The fourth-order valence-electron chi connectivity index (χ4n) is 2.35. The minimum Gasteiger partial charge on any atom is -0.482 e. The quantitative estimate of drug-likeness (QED) is 0.502. The summed E-state index contributed by atoms with van der Waals surface area (Å²) in [5.74, 6) is -0.919. The molecular formula is C20H16ClNO6. The van der Waals surface area contributed by atoms with Crippen molar-refractivity contribution in [2.45, 2.75) is 13.0 Å². The minimum atomic E-state index is -1.04. The first-order chi connectivity index (χ1) is 13.4. The van der Waals surface area contributed by atoms with Gasteiger partial charge in [-0.1, -0.05) is 23.7 Å². The van der Waals surface area contributed by atoms with E-state index in [-0.39, 0.29) is 0 Å². The van der Waals surface area contributed by atoms with E-state index in [2.05, 4.69) is 5.32 Å². The molecule has 28 heavy (non-hydrogen) atoms. The molecule has 1 amide bonds. The maximum atomic E-state index is 12.1. The van der Waals surface area contributed by atoms with Crippen LogP contribution in [0, 0.1) is 0 Å². The molecule has 2 aromatic carbocycles. The van der Waals surface area contributed by atoms with Gasteiger partial charge in [0.25, 0.3) is 5.91 Å². The highest BCUT2D eigenvalue weighted by molar-refractivity contribution is 6.33. The molecule has 0 saturated heterocycles. The molecule has 0 bridgehead atoms. The lowest BCUT2D eigenvalue weighted by Gasteiger charge is -2.14. The maximum absolute atomic E-state index is 12.1. The van der Waals surface area contributed by atoms with E-state index in [9.17, 15) is 14.4 Å². The van der Waals surface area contributed by atoms with Crippen molar-refractivity contribution in [1.29, 1.82) is 0 Å². The molecule has 1 atom stereocenters. The van der Waals surface area contributed by atoms with Gasteiger partial charge in [0.15, 0.2) is 12.7 Å². The van der Waals surface area contributed by atoms with Gasteiger partial charge < -0.3 is 19.2 Å². The van der Waals surface area contributed by atoms with Gasteiger partial charge in [0, 0.05) is 17.5 Å². The van der Waals surface area contributed by atoms with E-state index in [1.54, 1.807) is 42.5 Å². The number of carbonyl (C=O) groups is 2. The van der Waals surface area contributed by atoms with Gasteiger partial charge in [-0.05, 0) is 37.3 Å². The van der Waals surface area contributed by atoms with Crippen molar-refractivity contribution in [1.82, 2.24) is 0 Å². The van der Waals surface area contributed by atoms with E-state index in [0.717, 1.165) is 5.39 Å². The van der Waals surface area contributed by atoms with Crippen molar-refractivity contribution in [3.63, 3.8) is 0 Å². The van der Waals surface area contributed by atoms with Crippen LogP contribution in [0.3, 0.4) is 0 Å². The van der Waals surface area contributed by atoms with Gasteiger partial charge in [-0.3, -0.25) is 4.79 Å². The standard InChI is InChI=1S/C20H16ClNO6/c1-12(20(25)22-16-5-3-2-4-15(16)21)27-19(24)11-26-14-8-6-13-7-9-18(23)28-17(13)10-14/h2-10,12H,11H2,1H3,(H,22,25). The Hall–Kier alpha value is -3.32. The highest BCUT2D eigenvalue weighted by Gasteiger charge is 2.19. The first-order valence-corrected chi connectivity index (χ1v) is 8.72. The number of anilines is 1. The Morgan fingerprint density at radius 1 is 1.14 bits per heavy atom. The second kappa shape index (κ2) is 8.58. The number of carbonyl (C=O) groups excluding carboxylic acids is 2. The predicted octanol–water partition coefficient (Wildman–Crippen LogP) is 3.40. The van der Waals surface area contributed by atoms with E-state index in [1.165, 1.54) is 19.1 Å². The van der Waals surface area contributed by atoms with Crippen LogP contribution in [0.4, 0.5) is 5.69 Å². The highest BCUT2D eigenvalue weighted by atomic mass is 35.5. The molecule has 1 heterocycles. The van der Waals surface area contributed by atoms with Crippen molar-refractivity contribution in [3.8, 4) is 5.75 Å². The number of amides is 1. The van der Waals surface area contributed by atoms with Crippen LogP contribution < -0.4 is 15.7 Å². The Balaban J connectivity index is 1.54. The lowest BCUT2D eigenvalue weighted by atomic mass is 10.2. The first kappa shape index (κ1) is 19.4. The zero-order valence-electron chi connectivity index (χ0n) is 14.8. The number of esters is 1. The van der Waals surface area contributed by atoms with Crippen LogP contribution >= 0.6 is 11.6 Å². The van der Waals surface area contributed by atoms with E-state index in [0.29, 0.717) is 22.0 Å². The summed E-state index contributed by atoms with van der Waals surface area (Å²) in [5.41, 5.74) is 0.277. The zero-order chi connectivity index (χ0) is 20.1. The molecule has 0 saturated carbocycles. The lowest BCUT2D eigenvalue weighted by Crippen LogP contribution is -2.31. The highest BCUT2D eigenvalue weighted by Crippen LogP contribution is 2.21. The second-order valence-corrected chi connectivity index (χ2v) is 6.25. The lowest BCUT2D eigenvalue weighted by molar-refractivity contribution is -0.155. The number of para-hydroxylation sites is 1. The molecular weight excluding hydrogens is 386 g/mol. The molecule has 0 aliphatic heterocycles. The second-order valence-electron chi connectivity index (χ2n) is 5.84. The maximum Gasteiger partial charge on any atom is 0.344 e. The van der Waals surface area contributed by atoms with E-state index in [1.807, 2.05) is 0 Å². The summed E-state index contributed by atoms with van der Waals surface area (Å²) < 4.78 is 15.5. The van der Waals surface area contributed by atoms with Gasteiger partial charge in [-0.2, -0.15) is 0 Å². The number of ether oxygens (including phenoxy) is 2. The largest absolute Gasteiger partial charge is 0.482 e. The Bertz CT molecular complexity index is 1080. The SMILES string of the molecule is CC(OC(=O)COc1ccc2ccc(=O)oc2c1)C(=O)Nc1ccccc1Cl. The minimum absolute atomic E-state index is 0.326. The van der Waals surface area contributed by atoms with Gasteiger partial charge in [0.1, 0.15) is 11.3 Å². The van der Waals surface area contributed by atoms with Crippen LogP contribution in [0.15, 0.2) is 63.8 Å². The fraction of sp³-hybridized carbons (Fsp3) is 0.150. The van der Waals surface area contributed by atoms with Gasteiger partial charge in [-0.15, -0.1) is 0 Å². The first-order valence-electron chi connectivity index (χ1n) is 8.34. The van der Waals surface area contributed by atoms with Crippen LogP contribution in [-0.4, -0.2) is 24.6 Å². The van der Waals surface area contributed by atoms with Gasteiger partial charge >= 0.3 is 11.6 Å². The van der Waals surface area contributed by atoms with Crippen molar-refractivity contribution >= 4 is 40.1 Å². The number of rotatable bonds is 6. The summed E-state index contributed by atoms with van der Waals surface area (Å²) in [7, 11) is 0. The molecule has 8 heteroatoms. The van der Waals surface area contributed by atoms with Crippen molar-refractivity contribution in [2.24, 2.45) is 0 Å². The molecule has 3 rings (SSSR count). The molecule has 0 aliphatic rings. The van der Waals surface area contributed by atoms with Gasteiger partial charge in [-0.25, -0.2) is 9.59 Å². The summed E-state index contributed by atoms with van der Waals surface area (Å²) in [4.78, 5) is 35.3. The Morgan fingerprint density at radius 2 is 1.89 bits per heavy atom. The molecule has 1 aromatic heterocycles. The third-order valence-corrected chi connectivity index (χ3v) is 4.09. The number of hydrogen-bond donors (Lipinski definition) is 1. The van der Waals surface area contributed by atoms with Gasteiger partial charge in [0.05, 0.1) is 10.7 Å². The van der Waals surface area contributed by atoms with Crippen LogP contribution in [0.1, 0.15) is 6.92 Å². The number of hydrogen-bond acceptors (Lipinski definition) is 6. The topological polar surface area (TPSA) is 94.8 Å². The number of nitrogens with one attached hydrogen (secondary N) is 1. The zero-order valence-corrected chi connectivity index (χ0v) is 15.6. The summed E-state index contributed by atoms with van der Waals surface area (Å²) in [5, 5.41) is 3.68. The van der Waals surface area contributed by atoms with Crippen molar-refractivity contribution in [3.05, 3.63) is 70.0 Å². The van der Waals surface area contributed by atoms with E-state index >= 15 is 0 Å². The number of fused-ring (bicyclic) bond motifs is 1. The fourth-order valence-corrected chi connectivity index (χ4v) is 2.54. The average molecular weight is 402 g/mol. The third kappa shape index (κ3) is 4.89. The molecule has 1 unspecified atom stereocenters. The Labute approximate surface area is 164 Å². The van der Waals surface area contributed by atoms with E-state index in [4.69, 9.17) is 25.5 Å². The van der Waals surface area contributed by atoms with Crippen LogP contribution in [-0.2, 0) is 14.3 Å². The molecule has 3 aromatic rings. The summed E-state index contributed by atoms with van der Waals surface area (Å²) in [6.45, 7) is 1.03. The summed E-state index contributed by atoms with van der Waals surface area (Å²) in [6, 6.07) is 14.5. The van der Waals surface area contributed by atoms with Gasteiger partial charge in [0.2, 0.25) is 0 Å². The molecule has 0 radical (unpaired) electrons. The summed E-state index contributed by atoms with van der Waals surface area (Å²) in [6.07, 6.45) is -1.04. The van der Waals surface area contributed by atoms with Crippen LogP contribution in [0.25, 0.3) is 11.0 Å².